The van der Waals surface area contributed by atoms with Gasteiger partial charge in [-0.1, -0.05) is 0 Å². The Hall–Kier alpha value is -0.370. The normalized spacial score (nSPS) is 48.6. The molecule has 2 saturated carbocycles. The molecule has 0 amide bonds. The summed E-state index contributed by atoms with van der Waals surface area (Å²) in [6.07, 6.45) is 3.40. The van der Waals surface area contributed by atoms with Crippen molar-refractivity contribution in [2.75, 3.05) is 0 Å². The van der Waals surface area contributed by atoms with Crippen LogP contribution in [0.1, 0.15) is 25.7 Å². The first kappa shape index (κ1) is 5.42. The number of carbonyl (C=O) groups is 1. The van der Waals surface area contributed by atoms with E-state index in [9.17, 15) is 9.90 Å². The lowest BCUT2D eigenvalue weighted by molar-refractivity contribution is -0.131. The number of ketones is 1. The van der Waals surface area contributed by atoms with Crippen LogP contribution in [0.4, 0.5) is 0 Å². The fourth-order valence-electron chi connectivity index (χ4n) is 1.72. The van der Waals surface area contributed by atoms with Gasteiger partial charge in [-0.15, -0.1) is 0 Å². The molecule has 2 nitrogen and oxygen atoms in total. The molecular weight excluding hydrogens is 116 g/mol. The average molecular weight is 126 g/mol. The largest absolute Gasteiger partial charge is 0.382 e. The Bertz CT molecular complexity index is 164. The molecule has 2 rings (SSSR count). The van der Waals surface area contributed by atoms with Crippen molar-refractivity contribution in [2.24, 2.45) is 5.92 Å². The summed E-state index contributed by atoms with van der Waals surface area (Å²) in [6, 6.07) is 0. The molecule has 0 aromatic heterocycles. The first-order valence-corrected chi connectivity index (χ1v) is 3.49. The van der Waals surface area contributed by atoms with Crippen LogP contribution in [0.3, 0.4) is 0 Å². The molecule has 2 fully saturated rings. The van der Waals surface area contributed by atoms with Crippen LogP contribution in [0, 0.1) is 5.92 Å². The fourth-order valence-corrected chi connectivity index (χ4v) is 1.72. The van der Waals surface area contributed by atoms with E-state index in [2.05, 4.69) is 0 Å². The van der Waals surface area contributed by atoms with Gasteiger partial charge in [0.25, 0.3) is 0 Å². The molecule has 0 radical (unpaired) electrons. The van der Waals surface area contributed by atoms with Crippen LogP contribution in [0.25, 0.3) is 0 Å². The predicted octanol–water partition coefficient (Wildman–Crippen LogP) is 0.490. The summed E-state index contributed by atoms with van der Waals surface area (Å²) in [5.74, 6) is 0.414. The number of rotatable bonds is 0. The zero-order valence-electron chi connectivity index (χ0n) is 5.26. The van der Waals surface area contributed by atoms with Crippen molar-refractivity contribution in [3.05, 3.63) is 0 Å². The highest BCUT2D eigenvalue weighted by molar-refractivity contribution is 5.91. The van der Waals surface area contributed by atoms with E-state index >= 15 is 0 Å². The van der Waals surface area contributed by atoms with Gasteiger partial charge in [0.15, 0.2) is 5.78 Å². The van der Waals surface area contributed by atoms with E-state index in [1.165, 1.54) is 0 Å². The molecule has 1 N–H and O–H groups in total. The lowest BCUT2D eigenvalue weighted by Crippen LogP contribution is -2.27. The van der Waals surface area contributed by atoms with E-state index in [0.29, 0.717) is 12.3 Å². The maximum Gasteiger partial charge on any atom is 0.164 e. The summed E-state index contributed by atoms with van der Waals surface area (Å²) in [4.78, 5) is 10.9. The second-order valence-electron chi connectivity index (χ2n) is 3.14. The number of carbonyl (C=O) groups excluding carboxylic acids is 1. The molecule has 0 aromatic carbocycles. The summed E-state index contributed by atoms with van der Waals surface area (Å²) < 4.78 is 0. The van der Waals surface area contributed by atoms with Gasteiger partial charge in [0.1, 0.15) is 5.60 Å². The number of Topliss-reactive ketones (excluding diaryl/α,β-unsaturated/α-hetero) is 1. The topological polar surface area (TPSA) is 37.3 Å². The van der Waals surface area contributed by atoms with Gasteiger partial charge in [-0.2, -0.15) is 0 Å². The molecule has 50 valence electrons. The van der Waals surface area contributed by atoms with Gasteiger partial charge in [-0.05, 0) is 25.2 Å². The Balaban J connectivity index is 2.19. The molecule has 2 aliphatic carbocycles. The van der Waals surface area contributed by atoms with Crippen molar-refractivity contribution < 1.29 is 9.90 Å². The van der Waals surface area contributed by atoms with Crippen molar-refractivity contribution in [1.29, 1.82) is 0 Å². The average Bonchev–Trinajstić information content (AvgIpc) is 2.44. The SMILES string of the molecule is O=C1CCCC2CC12O. The van der Waals surface area contributed by atoms with Crippen LogP contribution in [-0.2, 0) is 4.79 Å². The second kappa shape index (κ2) is 1.37. The Morgan fingerprint density at radius 3 is 3.00 bits per heavy atom. The monoisotopic (exact) mass is 126 g/mol. The highest BCUT2D eigenvalue weighted by Crippen LogP contribution is 2.51. The minimum absolute atomic E-state index is 0.0822. The Morgan fingerprint density at radius 1 is 1.67 bits per heavy atom. The molecule has 0 heterocycles. The number of hydrogen-bond acceptors (Lipinski definition) is 2. The highest BCUT2D eigenvalue weighted by atomic mass is 16.3. The number of hydrogen-bond donors (Lipinski definition) is 1. The van der Waals surface area contributed by atoms with E-state index in [1.807, 2.05) is 0 Å². The smallest absolute Gasteiger partial charge is 0.164 e. The predicted molar refractivity (Wildman–Crippen MR) is 31.9 cm³/mol. The van der Waals surface area contributed by atoms with E-state index in [1.54, 1.807) is 0 Å². The zero-order valence-corrected chi connectivity index (χ0v) is 5.26. The minimum atomic E-state index is -0.835. The summed E-state index contributed by atoms with van der Waals surface area (Å²) in [7, 11) is 0. The molecule has 2 heteroatoms. The molecule has 2 aliphatic rings. The van der Waals surface area contributed by atoms with Crippen molar-refractivity contribution in [2.45, 2.75) is 31.3 Å². The molecule has 0 aliphatic heterocycles. The summed E-state index contributed by atoms with van der Waals surface area (Å²) in [6.45, 7) is 0. The molecule has 2 unspecified atom stereocenters. The van der Waals surface area contributed by atoms with Crippen LogP contribution in [0.5, 0.6) is 0 Å². The third-order valence-corrected chi connectivity index (χ3v) is 2.51. The van der Waals surface area contributed by atoms with Crippen molar-refractivity contribution in [3.8, 4) is 0 Å². The third kappa shape index (κ3) is 0.568. The van der Waals surface area contributed by atoms with Gasteiger partial charge in [-0.25, -0.2) is 0 Å². The summed E-state index contributed by atoms with van der Waals surface area (Å²) in [5, 5.41) is 9.37. The first-order valence-electron chi connectivity index (χ1n) is 3.49. The molecular formula is C7H10O2. The lowest BCUT2D eigenvalue weighted by atomic mass is 9.97. The van der Waals surface area contributed by atoms with E-state index < -0.39 is 5.60 Å². The third-order valence-electron chi connectivity index (χ3n) is 2.51. The van der Waals surface area contributed by atoms with Crippen LogP contribution >= 0.6 is 0 Å². The molecule has 9 heavy (non-hydrogen) atoms. The Morgan fingerprint density at radius 2 is 2.44 bits per heavy atom. The molecule has 0 aromatic rings. The number of fused-ring (bicyclic) bond motifs is 1. The first-order chi connectivity index (χ1) is 4.23. The minimum Gasteiger partial charge on any atom is -0.382 e. The van der Waals surface area contributed by atoms with Crippen LogP contribution in [0.2, 0.25) is 0 Å². The van der Waals surface area contributed by atoms with E-state index in [0.717, 1.165) is 19.3 Å². The van der Waals surface area contributed by atoms with Gasteiger partial charge in [-0.3, -0.25) is 4.79 Å². The molecule has 0 spiro atoms. The summed E-state index contributed by atoms with van der Waals surface area (Å²) in [5.41, 5.74) is -0.835. The Kier molecular flexibility index (Phi) is 0.826. The van der Waals surface area contributed by atoms with E-state index in [4.69, 9.17) is 0 Å². The van der Waals surface area contributed by atoms with Gasteiger partial charge in [0, 0.05) is 6.42 Å². The van der Waals surface area contributed by atoms with Gasteiger partial charge in [0.05, 0.1) is 0 Å². The maximum absolute atomic E-state index is 10.9. The van der Waals surface area contributed by atoms with Gasteiger partial charge in [0.2, 0.25) is 0 Å². The Labute approximate surface area is 53.9 Å². The van der Waals surface area contributed by atoms with Crippen molar-refractivity contribution >= 4 is 5.78 Å². The second-order valence-corrected chi connectivity index (χ2v) is 3.14. The fraction of sp³-hybridized carbons (Fsp3) is 0.857. The van der Waals surface area contributed by atoms with Crippen molar-refractivity contribution in [1.82, 2.24) is 0 Å². The summed E-state index contributed by atoms with van der Waals surface area (Å²) >= 11 is 0. The lowest BCUT2D eigenvalue weighted by Gasteiger charge is -2.13. The van der Waals surface area contributed by atoms with E-state index in [-0.39, 0.29) is 5.78 Å². The van der Waals surface area contributed by atoms with Gasteiger partial charge < -0.3 is 5.11 Å². The molecule has 0 saturated heterocycles. The quantitative estimate of drug-likeness (QED) is 0.513. The van der Waals surface area contributed by atoms with Gasteiger partial charge >= 0.3 is 0 Å². The van der Waals surface area contributed by atoms with Crippen molar-refractivity contribution in [3.63, 3.8) is 0 Å². The standard InChI is InChI=1S/C7H10O2/c8-6-3-1-2-5-4-7(5,6)9/h5,9H,1-4H2. The maximum atomic E-state index is 10.9. The highest BCUT2D eigenvalue weighted by Gasteiger charge is 2.59. The number of aliphatic hydroxyl groups is 1. The zero-order chi connectivity index (χ0) is 6.48. The van der Waals surface area contributed by atoms with Crippen LogP contribution in [-0.4, -0.2) is 16.5 Å². The molecule has 0 bridgehead atoms. The van der Waals surface area contributed by atoms with Crippen LogP contribution in [0.15, 0.2) is 0 Å². The van der Waals surface area contributed by atoms with Crippen LogP contribution < -0.4 is 0 Å². The molecule has 2 atom stereocenters.